The average Bonchev–Trinajstić information content (AvgIpc) is 2.74. The lowest BCUT2D eigenvalue weighted by Crippen LogP contribution is -2.37. The van der Waals surface area contributed by atoms with Crippen LogP contribution >= 0.6 is 0 Å². The van der Waals surface area contributed by atoms with Gasteiger partial charge in [0.1, 0.15) is 5.82 Å². The monoisotopic (exact) mass is 240 g/mol. The molecule has 0 amide bonds. The zero-order chi connectivity index (χ0) is 12.7. The van der Waals surface area contributed by atoms with Gasteiger partial charge in [0.15, 0.2) is 0 Å². The predicted molar refractivity (Wildman–Crippen MR) is 69.8 cm³/mol. The van der Waals surface area contributed by atoms with Gasteiger partial charge in [0.2, 0.25) is 0 Å². The van der Waals surface area contributed by atoms with E-state index < -0.39 is 0 Å². The van der Waals surface area contributed by atoms with Crippen molar-refractivity contribution in [2.45, 2.75) is 32.9 Å². The molecule has 0 fully saturated rings. The molecule has 5 nitrogen and oxygen atoms in total. The molecular weight excluding hydrogens is 216 g/mol. The van der Waals surface area contributed by atoms with Gasteiger partial charge in [-0.25, -0.2) is 0 Å². The molecule has 0 saturated carbocycles. The maximum atomic E-state index is 5.59. The maximum Gasteiger partial charge on any atom is 0.145 e. The Labute approximate surface area is 104 Å². The second-order valence-electron chi connectivity index (χ2n) is 4.29. The molecule has 0 aliphatic heterocycles. The van der Waals surface area contributed by atoms with Crippen molar-refractivity contribution in [2.75, 3.05) is 32.5 Å². The van der Waals surface area contributed by atoms with Gasteiger partial charge in [-0.05, 0) is 19.4 Å². The summed E-state index contributed by atoms with van der Waals surface area (Å²) in [5.41, 5.74) is 5.59. The van der Waals surface area contributed by atoms with E-state index in [4.69, 9.17) is 10.5 Å². The second kappa shape index (κ2) is 7.29. The van der Waals surface area contributed by atoms with Gasteiger partial charge in [-0.15, -0.1) is 0 Å². The highest BCUT2D eigenvalue weighted by Gasteiger charge is 2.11. The fraction of sp³-hybridized carbons (Fsp3) is 0.750. The first-order valence-electron chi connectivity index (χ1n) is 6.19. The van der Waals surface area contributed by atoms with Crippen molar-refractivity contribution in [3.8, 4) is 0 Å². The molecule has 0 spiro atoms. The van der Waals surface area contributed by atoms with E-state index in [1.54, 1.807) is 7.11 Å². The van der Waals surface area contributed by atoms with Gasteiger partial charge in [-0.2, -0.15) is 5.10 Å². The van der Waals surface area contributed by atoms with E-state index in [0.29, 0.717) is 11.9 Å². The zero-order valence-corrected chi connectivity index (χ0v) is 11.1. The summed E-state index contributed by atoms with van der Waals surface area (Å²) in [7, 11) is 1.74. The Morgan fingerprint density at radius 3 is 2.82 bits per heavy atom. The molecule has 0 aliphatic rings. The average molecular weight is 240 g/mol. The summed E-state index contributed by atoms with van der Waals surface area (Å²) >= 11 is 0. The summed E-state index contributed by atoms with van der Waals surface area (Å²) in [5.74, 6) is 0.581. The number of nitrogens with zero attached hydrogens (tertiary/aromatic N) is 3. The van der Waals surface area contributed by atoms with Crippen LogP contribution in [0.25, 0.3) is 0 Å². The van der Waals surface area contributed by atoms with Crippen LogP contribution in [0, 0.1) is 0 Å². The minimum Gasteiger partial charge on any atom is -0.383 e. The number of ether oxygens (including phenoxy) is 1. The van der Waals surface area contributed by atoms with E-state index in [-0.39, 0.29) is 0 Å². The molecule has 1 rings (SSSR count). The third kappa shape index (κ3) is 4.75. The fourth-order valence-electron chi connectivity index (χ4n) is 1.75. The number of aromatic nitrogens is 2. The number of nitrogens with two attached hydrogens (primary N) is 1. The quantitative estimate of drug-likeness (QED) is 0.742. The van der Waals surface area contributed by atoms with Gasteiger partial charge < -0.3 is 10.5 Å². The van der Waals surface area contributed by atoms with E-state index in [9.17, 15) is 0 Å². The number of methoxy groups -OCH3 is 1. The van der Waals surface area contributed by atoms with E-state index in [2.05, 4.69) is 23.8 Å². The van der Waals surface area contributed by atoms with Crippen molar-refractivity contribution in [2.24, 2.45) is 0 Å². The minimum absolute atomic E-state index is 0.568. The third-order valence-corrected chi connectivity index (χ3v) is 3.07. The van der Waals surface area contributed by atoms with E-state index in [1.165, 1.54) is 0 Å². The lowest BCUT2D eigenvalue weighted by atomic mass is 10.2. The Morgan fingerprint density at radius 2 is 2.29 bits per heavy atom. The van der Waals surface area contributed by atoms with Gasteiger partial charge in [0.05, 0.1) is 13.2 Å². The van der Waals surface area contributed by atoms with Crippen molar-refractivity contribution < 1.29 is 4.74 Å². The summed E-state index contributed by atoms with van der Waals surface area (Å²) < 4.78 is 7.03. The molecule has 17 heavy (non-hydrogen) atoms. The first-order valence-corrected chi connectivity index (χ1v) is 6.19. The minimum atomic E-state index is 0.568. The van der Waals surface area contributed by atoms with Crippen molar-refractivity contribution in [3.05, 3.63) is 12.3 Å². The Bertz CT molecular complexity index is 313. The SMILES string of the molecule is CCC(C)N(CCOC)CCn1ccc(N)n1. The van der Waals surface area contributed by atoms with E-state index >= 15 is 0 Å². The van der Waals surface area contributed by atoms with Crippen LogP contribution in [0.2, 0.25) is 0 Å². The van der Waals surface area contributed by atoms with Gasteiger partial charge >= 0.3 is 0 Å². The van der Waals surface area contributed by atoms with Crippen molar-refractivity contribution in [3.63, 3.8) is 0 Å². The Hall–Kier alpha value is -1.07. The Balaban J connectivity index is 2.42. The number of hydrogen-bond donors (Lipinski definition) is 1. The molecule has 1 heterocycles. The van der Waals surface area contributed by atoms with Gasteiger partial charge in [0, 0.05) is 32.4 Å². The largest absolute Gasteiger partial charge is 0.383 e. The number of rotatable bonds is 8. The van der Waals surface area contributed by atoms with Gasteiger partial charge in [0.25, 0.3) is 0 Å². The number of anilines is 1. The maximum absolute atomic E-state index is 5.59. The van der Waals surface area contributed by atoms with Crippen LogP contribution < -0.4 is 5.73 Å². The molecule has 0 aliphatic carbocycles. The molecule has 0 radical (unpaired) electrons. The first kappa shape index (κ1) is 14.0. The topological polar surface area (TPSA) is 56.3 Å². The highest BCUT2D eigenvalue weighted by Crippen LogP contribution is 2.04. The normalized spacial score (nSPS) is 13.2. The molecule has 1 aromatic heterocycles. The molecule has 0 aromatic carbocycles. The smallest absolute Gasteiger partial charge is 0.145 e. The molecule has 1 aromatic rings. The summed E-state index contributed by atoms with van der Waals surface area (Å²) in [6, 6.07) is 2.39. The van der Waals surface area contributed by atoms with Crippen LogP contribution in [0.1, 0.15) is 20.3 Å². The standard InChI is InChI=1S/C12H24N4O/c1-4-11(2)15(9-10-17-3)7-8-16-6-5-12(13)14-16/h5-6,11H,4,7-10H2,1-3H3,(H2,13,14). The fourth-order valence-corrected chi connectivity index (χ4v) is 1.75. The zero-order valence-electron chi connectivity index (χ0n) is 11.1. The van der Waals surface area contributed by atoms with Crippen molar-refractivity contribution >= 4 is 5.82 Å². The van der Waals surface area contributed by atoms with Gasteiger partial charge in [-0.3, -0.25) is 9.58 Å². The molecule has 1 unspecified atom stereocenters. The van der Waals surface area contributed by atoms with Crippen LogP contribution in [0.5, 0.6) is 0 Å². The summed E-state index contributed by atoms with van der Waals surface area (Å²) in [5, 5.41) is 4.18. The second-order valence-corrected chi connectivity index (χ2v) is 4.29. The molecule has 2 N–H and O–H groups in total. The lowest BCUT2D eigenvalue weighted by Gasteiger charge is -2.27. The Kier molecular flexibility index (Phi) is 6.00. The number of hydrogen-bond acceptors (Lipinski definition) is 4. The van der Waals surface area contributed by atoms with Crippen LogP contribution in [-0.4, -0.2) is 47.5 Å². The first-order chi connectivity index (χ1) is 8.17. The van der Waals surface area contributed by atoms with E-state index in [1.807, 2.05) is 16.9 Å². The van der Waals surface area contributed by atoms with Crippen LogP contribution in [0.3, 0.4) is 0 Å². The van der Waals surface area contributed by atoms with Gasteiger partial charge in [-0.1, -0.05) is 6.92 Å². The number of nitrogen functional groups attached to an aromatic ring is 1. The third-order valence-electron chi connectivity index (χ3n) is 3.07. The molecule has 1 atom stereocenters. The highest BCUT2D eigenvalue weighted by molar-refractivity contribution is 5.23. The van der Waals surface area contributed by atoms with E-state index in [0.717, 1.165) is 32.7 Å². The van der Waals surface area contributed by atoms with Crippen LogP contribution in [-0.2, 0) is 11.3 Å². The lowest BCUT2D eigenvalue weighted by molar-refractivity contribution is 0.119. The highest BCUT2D eigenvalue weighted by atomic mass is 16.5. The predicted octanol–water partition coefficient (Wildman–Crippen LogP) is 1.21. The molecule has 0 bridgehead atoms. The summed E-state index contributed by atoms with van der Waals surface area (Å²) in [6.45, 7) is 8.02. The van der Waals surface area contributed by atoms with Crippen LogP contribution in [0.4, 0.5) is 5.82 Å². The molecule has 98 valence electrons. The van der Waals surface area contributed by atoms with Crippen molar-refractivity contribution in [1.82, 2.24) is 14.7 Å². The Morgan fingerprint density at radius 1 is 1.53 bits per heavy atom. The molecule has 0 saturated heterocycles. The summed E-state index contributed by atoms with van der Waals surface area (Å²) in [6.07, 6.45) is 3.06. The van der Waals surface area contributed by atoms with Crippen molar-refractivity contribution in [1.29, 1.82) is 0 Å². The summed E-state index contributed by atoms with van der Waals surface area (Å²) in [4.78, 5) is 2.42. The molecular formula is C12H24N4O. The van der Waals surface area contributed by atoms with Crippen LogP contribution in [0.15, 0.2) is 12.3 Å². The molecule has 5 heteroatoms.